The van der Waals surface area contributed by atoms with Gasteiger partial charge in [0, 0.05) is 0 Å². The van der Waals surface area contributed by atoms with Crippen molar-refractivity contribution in [2.24, 2.45) is 0 Å². The molecule has 0 spiro atoms. The number of benzene rings is 2. The molecular weight excluding hydrogens is 353 g/mol. The van der Waals surface area contributed by atoms with Crippen molar-refractivity contribution in [1.82, 2.24) is 0 Å². The molecule has 1 N–H and O–H groups in total. The van der Waals surface area contributed by atoms with E-state index in [1.54, 1.807) is 6.07 Å². The van der Waals surface area contributed by atoms with Crippen LogP contribution < -0.4 is 0 Å². The predicted molar refractivity (Wildman–Crippen MR) is 79.0 cm³/mol. The molecule has 0 radical (unpaired) electrons. The minimum atomic E-state index is -4.92. The molecule has 0 aromatic heterocycles. The van der Waals surface area contributed by atoms with Gasteiger partial charge in [0.15, 0.2) is 5.60 Å². The number of halogens is 4. The molecular formula is C15H12ClF3O3S. The number of sulfone groups is 1. The molecule has 2 rings (SSSR count). The molecule has 0 aliphatic heterocycles. The molecule has 0 amide bonds. The second kappa shape index (κ2) is 5.81. The molecule has 0 bridgehead atoms. The lowest BCUT2D eigenvalue weighted by Gasteiger charge is -2.27. The summed E-state index contributed by atoms with van der Waals surface area (Å²) in [7, 11) is -3.96. The molecule has 124 valence electrons. The maximum atomic E-state index is 12.8. The summed E-state index contributed by atoms with van der Waals surface area (Å²) in [6.45, 7) is 0.573. The van der Waals surface area contributed by atoms with Crippen LogP contribution in [0.15, 0.2) is 58.3 Å². The van der Waals surface area contributed by atoms with Crippen LogP contribution in [0.3, 0.4) is 0 Å². The minimum absolute atomic E-state index is 0.0303. The summed E-state index contributed by atoms with van der Waals surface area (Å²) in [4.78, 5) is -0.357. The van der Waals surface area contributed by atoms with Crippen LogP contribution in [0.25, 0.3) is 0 Å². The van der Waals surface area contributed by atoms with Crippen LogP contribution >= 0.6 is 11.6 Å². The highest BCUT2D eigenvalue weighted by atomic mass is 35.5. The number of alkyl halides is 3. The van der Waals surface area contributed by atoms with Gasteiger partial charge in [0.1, 0.15) is 0 Å². The van der Waals surface area contributed by atoms with Crippen LogP contribution in [0, 0.1) is 0 Å². The van der Waals surface area contributed by atoms with E-state index in [-0.39, 0.29) is 9.79 Å². The molecule has 2 aromatic carbocycles. The number of rotatable bonds is 3. The van der Waals surface area contributed by atoms with Gasteiger partial charge in [0.05, 0.1) is 14.8 Å². The van der Waals surface area contributed by atoms with Gasteiger partial charge >= 0.3 is 6.18 Å². The Labute approximate surface area is 136 Å². The second-order valence-corrected chi connectivity index (χ2v) is 7.36. The zero-order chi connectivity index (χ0) is 17.5. The van der Waals surface area contributed by atoms with Crippen LogP contribution in [0.4, 0.5) is 13.2 Å². The van der Waals surface area contributed by atoms with Crippen molar-refractivity contribution in [1.29, 1.82) is 0 Å². The Kier molecular flexibility index (Phi) is 4.49. The van der Waals surface area contributed by atoms with E-state index in [4.69, 9.17) is 11.6 Å². The van der Waals surface area contributed by atoms with E-state index >= 15 is 0 Å². The first-order chi connectivity index (χ1) is 10.5. The summed E-state index contributed by atoms with van der Waals surface area (Å²) in [5, 5.41) is 9.23. The van der Waals surface area contributed by atoms with E-state index in [0.29, 0.717) is 6.92 Å². The van der Waals surface area contributed by atoms with Crippen molar-refractivity contribution in [3.8, 4) is 0 Å². The van der Waals surface area contributed by atoms with Gasteiger partial charge in [-0.2, -0.15) is 13.2 Å². The van der Waals surface area contributed by atoms with E-state index in [2.05, 4.69) is 0 Å². The predicted octanol–water partition coefficient (Wildman–Crippen LogP) is 3.94. The molecule has 0 saturated heterocycles. The standard InChI is InChI=1S/C15H12ClF3O3S/c1-14(20,15(17,18)19)10-7-8-13(12(16)9-10)23(21,22)11-5-3-2-4-6-11/h2-9,20H,1H3. The average Bonchev–Trinajstić information content (AvgIpc) is 2.46. The molecule has 2 aromatic rings. The zero-order valence-corrected chi connectivity index (χ0v) is 13.4. The summed E-state index contributed by atoms with van der Waals surface area (Å²) in [6, 6.07) is 10.0. The third-order valence-corrected chi connectivity index (χ3v) is 5.64. The summed E-state index contributed by atoms with van der Waals surface area (Å²) in [5.41, 5.74) is -3.67. The quantitative estimate of drug-likeness (QED) is 0.897. The van der Waals surface area contributed by atoms with E-state index < -0.39 is 32.2 Å². The average molecular weight is 365 g/mol. The third kappa shape index (κ3) is 3.22. The summed E-state index contributed by atoms with van der Waals surface area (Å²) >= 11 is 5.86. The van der Waals surface area contributed by atoms with Crippen LogP contribution in [-0.2, 0) is 15.4 Å². The summed E-state index contributed by atoms with van der Waals surface area (Å²) in [6.07, 6.45) is -4.92. The molecule has 0 heterocycles. The van der Waals surface area contributed by atoms with Gasteiger partial charge < -0.3 is 5.11 Å². The fourth-order valence-electron chi connectivity index (χ4n) is 1.91. The first-order valence-electron chi connectivity index (χ1n) is 6.37. The second-order valence-electron chi connectivity index (χ2n) is 5.03. The van der Waals surface area contributed by atoms with Gasteiger partial charge in [-0.25, -0.2) is 8.42 Å². The molecule has 8 heteroatoms. The fourth-order valence-corrected chi connectivity index (χ4v) is 3.73. The Bertz CT molecular complexity index is 816. The Morgan fingerprint density at radius 1 is 1.04 bits per heavy atom. The van der Waals surface area contributed by atoms with Crippen molar-refractivity contribution in [3.05, 3.63) is 59.1 Å². The smallest absolute Gasteiger partial charge is 0.376 e. The van der Waals surface area contributed by atoms with Gasteiger partial charge in [0.2, 0.25) is 9.84 Å². The highest BCUT2D eigenvalue weighted by Crippen LogP contribution is 2.40. The molecule has 23 heavy (non-hydrogen) atoms. The SMILES string of the molecule is CC(O)(c1ccc(S(=O)(=O)c2ccccc2)c(Cl)c1)C(F)(F)F. The van der Waals surface area contributed by atoms with Gasteiger partial charge in [0.25, 0.3) is 0 Å². The Hall–Kier alpha value is -1.57. The fraction of sp³-hybridized carbons (Fsp3) is 0.200. The Morgan fingerprint density at radius 3 is 2.09 bits per heavy atom. The van der Waals surface area contributed by atoms with Crippen molar-refractivity contribution in [3.63, 3.8) is 0 Å². The van der Waals surface area contributed by atoms with Crippen LogP contribution in [0.2, 0.25) is 5.02 Å². The molecule has 1 unspecified atom stereocenters. The van der Waals surface area contributed by atoms with Crippen LogP contribution in [0.1, 0.15) is 12.5 Å². The van der Waals surface area contributed by atoms with E-state index in [9.17, 15) is 26.7 Å². The first-order valence-corrected chi connectivity index (χ1v) is 8.23. The number of hydrogen-bond donors (Lipinski definition) is 1. The number of aliphatic hydroxyl groups is 1. The summed E-state index contributed by atoms with van der Waals surface area (Å²) in [5.74, 6) is 0. The maximum Gasteiger partial charge on any atom is 0.421 e. The Morgan fingerprint density at radius 2 is 1.61 bits per heavy atom. The van der Waals surface area contributed by atoms with Gasteiger partial charge in [-0.05, 0) is 36.8 Å². The van der Waals surface area contributed by atoms with E-state index in [0.717, 1.165) is 18.2 Å². The lowest BCUT2D eigenvalue weighted by molar-refractivity contribution is -0.258. The molecule has 3 nitrogen and oxygen atoms in total. The molecule has 0 fully saturated rings. The maximum absolute atomic E-state index is 12.8. The van der Waals surface area contributed by atoms with Crippen molar-refractivity contribution < 1.29 is 26.7 Å². The van der Waals surface area contributed by atoms with Crippen molar-refractivity contribution >= 4 is 21.4 Å². The van der Waals surface area contributed by atoms with Crippen molar-refractivity contribution in [2.75, 3.05) is 0 Å². The van der Waals surface area contributed by atoms with Gasteiger partial charge in [-0.15, -0.1) is 0 Å². The first kappa shape index (κ1) is 17.8. The van der Waals surface area contributed by atoms with Gasteiger partial charge in [-0.1, -0.05) is 35.9 Å². The molecule has 1 atom stereocenters. The van der Waals surface area contributed by atoms with E-state index in [1.807, 2.05) is 0 Å². The molecule has 0 aliphatic carbocycles. The highest BCUT2D eigenvalue weighted by molar-refractivity contribution is 7.91. The molecule has 0 saturated carbocycles. The normalized spacial score (nSPS) is 15.2. The summed E-state index contributed by atoms with van der Waals surface area (Å²) < 4.78 is 63.4. The monoisotopic (exact) mass is 364 g/mol. The Balaban J connectivity index is 2.54. The number of hydrogen-bond acceptors (Lipinski definition) is 3. The molecule has 0 aliphatic rings. The topological polar surface area (TPSA) is 54.4 Å². The van der Waals surface area contributed by atoms with Gasteiger partial charge in [-0.3, -0.25) is 0 Å². The lowest BCUT2D eigenvalue weighted by Crippen LogP contribution is -2.39. The highest BCUT2D eigenvalue weighted by Gasteiger charge is 2.51. The van der Waals surface area contributed by atoms with Crippen LogP contribution in [0.5, 0.6) is 0 Å². The zero-order valence-electron chi connectivity index (χ0n) is 11.8. The van der Waals surface area contributed by atoms with Crippen molar-refractivity contribution in [2.45, 2.75) is 28.5 Å². The lowest BCUT2D eigenvalue weighted by atomic mass is 9.95. The largest absolute Gasteiger partial charge is 0.421 e. The van der Waals surface area contributed by atoms with E-state index in [1.165, 1.54) is 24.3 Å². The minimum Gasteiger partial charge on any atom is -0.376 e. The van der Waals surface area contributed by atoms with Crippen LogP contribution in [-0.4, -0.2) is 19.7 Å². The third-order valence-electron chi connectivity index (χ3n) is 3.39.